The van der Waals surface area contributed by atoms with Gasteiger partial charge in [-0.2, -0.15) is 5.10 Å². The van der Waals surface area contributed by atoms with E-state index in [9.17, 15) is 4.39 Å². The quantitative estimate of drug-likeness (QED) is 0.563. The smallest absolute Gasteiger partial charge is 0.200 e. The molecule has 0 saturated carbocycles. The zero-order valence-electron chi connectivity index (χ0n) is 18.0. The predicted molar refractivity (Wildman–Crippen MR) is 123 cm³/mol. The molecule has 3 aromatic rings. The molecule has 1 saturated heterocycles. The third-order valence-corrected chi connectivity index (χ3v) is 6.97. The predicted octanol–water partition coefficient (Wildman–Crippen LogP) is 5.36. The Hall–Kier alpha value is -3.18. The van der Waals surface area contributed by atoms with Crippen molar-refractivity contribution in [3.8, 4) is 5.75 Å². The molecule has 3 aromatic carbocycles. The summed E-state index contributed by atoms with van der Waals surface area (Å²) in [6.07, 6.45) is 2.59. The Balaban J connectivity index is 1.29. The van der Waals surface area contributed by atoms with Crippen LogP contribution in [0.4, 0.5) is 4.39 Å². The Morgan fingerprint density at radius 1 is 0.906 bits per heavy atom. The van der Waals surface area contributed by atoms with Gasteiger partial charge in [-0.25, -0.2) is 9.40 Å². The first-order valence-electron chi connectivity index (χ1n) is 11.4. The average molecular weight is 428 g/mol. The zero-order valence-corrected chi connectivity index (χ0v) is 18.0. The SMILES string of the molecule is Fc1ccc(C2=NN3[C@@H](C2)c2ccccc2OC32CCN(Cc3ccccc3)CC2)cc1. The summed E-state index contributed by atoms with van der Waals surface area (Å²) < 4.78 is 20.2. The van der Waals surface area contributed by atoms with Crippen molar-refractivity contribution in [3.63, 3.8) is 0 Å². The van der Waals surface area contributed by atoms with E-state index in [-0.39, 0.29) is 11.9 Å². The van der Waals surface area contributed by atoms with Crippen LogP contribution in [0.25, 0.3) is 0 Å². The number of piperidine rings is 1. The van der Waals surface area contributed by atoms with Gasteiger partial charge in [0.2, 0.25) is 5.72 Å². The first-order chi connectivity index (χ1) is 15.7. The van der Waals surface area contributed by atoms with Gasteiger partial charge < -0.3 is 4.74 Å². The molecule has 1 atom stereocenters. The van der Waals surface area contributed by atoms with E-state index in [1.54, 1.807) is 0 Å². The Morgan fingerprint density at radius 3 is 2.41 bits per heavy atom. The van der Waals surface area contributed by atoms with Crippen LogP contribution in [0.2, 0.25) is 0 Å². The van der Waals surface area contributed by atoms with E-state index in [0.717, 1.165) is 55.9 Å². The Bertz CT molecular complexity index is 1140. The minimum absolute atomic E-state index is 0.153. The molecule has 1 fully saturated rings. The molecule has 1 spiro atoms. The molecule has 162 valence electrons. The number of rotatable bonds is 3. The zero-order chi connectivity index (χ0) is 21.5. The maximum Gasteiger partial charge on any atom is 0.200 e. The van der Waals surface area contributed by atoms with E-state index in [0.29, 0.717) is 0 Å². The van der Waals surface area contributed by atoms with Gasteiger partial charge in [0.1, 0.15) is 11.6 Å². The average Bonchev–Trinajstić information content (AvgIpc) is 3.29. The highest BCUT2D eigenvalue weighted by molar-refractivity contribution is 6.02. The number of fused-ring (bicyclic) bond motifs is 4. The molecule has 3 heterocycles. The second kappa shape index (κ2) is 7.75. The molecule has 3 aliphatic heterocycles. The molecule has 0 aromatic heterocycles. The van der Waals surface area contributed by atoms with Crippen LogP contribution in [0.1, 0.15) is 42.0 Å². The third kappa shape index (κ3) is 3.37. The van der Waals surface area contributed by atoms with Gasteiger partial charge in [-0.05, 0) is 29.3 Å². The van der Waals surface area contributed by atoms with Crippen molar-refractivity contribution in [3.05, 3.63) is 101 Å². The number of benzene rings is 3. The molecule has 0 bridgehead atoms. The highest BCUT2D eigenvalue weighted by Crippen LogP contribution is 2.49. The fourth-order valence-corrected chi connectivity index (χ4v) is 5.28. The Kier molecular flexibility index (Phi) is 4.72. The number of hydrogen-bond donors (Lipinski definition) is 0. The molecule has 0 N–H and O–H groups in total. The first kappa shape index (κ1) is 19.5. The van der Waals surface area contributed by atoms with Gasteiger partial charge in [-0.1, -0.05) is 60.7 Å². The van der Waals surface area contributed by atoms with Gasteiger partial charge in [0.05, 0.1) is 11.8 Å². The number of hydrazone groups is 1. The second-order valence-corrected chi connectivity index (χ2v) is 8.97. The molecule has 0 aliphatic carbocycles. The molecule has 0 unspecified atom stereocenters. The van der Waals surface area contributed by atoms with Crippen molar-refractivity contribution < 1.29 is 9.13 Å². The monoisotopic (exact) mass is 427 g/mol. The van der Waals surface area contributed by atoms with Gasteiger partial charge in [0, 0.05) is 44.5 Å². The summed E-state index contributed by atoms with van der Waals surface area (Å²) in [5.74, 6) is 0.752. The lowest BCUT2D eigenvalue weighted by Crippen LogP contribution is -2.59. The van der Waals surface area contributed by atoms with Gasteiger partial charge in [0.25, 0.3) is 0 Å². The number of para-hydroxylation sites is 1. The van der Waals surface area contributed by atoms with Crippen LogP contribution in [0.3, 0.4) is 0 Å². The van der Waals surface area contributed by atoms with E-state index < -0.39 is 5.72 Å². The standard InChI is InChI=1S/C27H26FN3O/c28-22-12-10-21(11-13-22)24-18-25-23-8-4-5-9-26(23)32-27(31(25)29-24)14-16-30(17-15-27)19-20-6-2-1-3-7-20/h1-13,25H,14-19H2/t25-/m0/s1. The van der Waals surface area contributed by atoms with E-state index >= 15 is 0 Å². The molecule has 4 nitrogen and oxygen atoms in total. The maximum atomic E-state index is 13.5. The summed E-state index contributed by atoms with van der Waals surface area (Å²) >= 11 is 0. The summed E-state index contributed by atoms with van der Waals surface area (Å²) in [4.78, 5) is 2.50. The van der Waals surface area contributed by atoms with Crippen LogP contribution in [0.15, 0.2) is 84.0 Å². The maximum absolute atomic E-state index is 13.5. The second-order valence-electron chi connectivity index (χ2n) is 8.97. The van der Waals surface area contributed by atoms with Gasteiger partial charge in [-0.3, -0.25) is 4.90 Å². The summed E-state index contributed by atoms with van der Waals surface area (Å²) in [6, 6.07) is 25.8. The largest absolute Gasteiger partial charge is 0.466 e. The highest BCUT2D eigenvalue weighted by atomic mass is 19.1. The number of halogens is 1. The minimum atomic E-state index is -0.437. The topological polar surface area (TPSA) is 28.1 Å². The van der Waals surface area contributed by atoms with Crippen molar-refractivity contribution in [1.29, 1.82) is 0 Å². The fourth-order valence-electron chi connectivity index (χ4n) is 5.28. The number of likely N-dealkylation sites (tertiary alicyclic amines) is 1. The van der Waals surface area contributed by atoms with Crippen molar-refractivity contribution in [2.45, 2.75) is 37.6 Å². The number of hydrogen-bond acceptors (Lipinski definition) is 4. The van der Waals surface area contributed by atoms with Crippen LogP contribution >= 0.6 is 0 Å². The van der Waals surface area contributed by atoms with Crippen LogP contribution in [-0.2, 0) is 6.54 Å². The molecular weight excluding hydrogens is 401 g/mol. The van der Waals surface area contributed by atoms with Crippen molar-refractivity contribution >= 4 is 5.71 Å². The van der Waals surface area contributed by atoms with E-state index in [4.69, 9.17) is 9.84 Å². The van der Waals surface area contributed by atoms with Crippen LogP contribution in [0, 0.1) is 5.82 Å². The summed E-state index contributed by atoms with van der Waals surface area (Å²) in [5.41, 5.74) is 4.07. The van der Waals surface area contributed by atoms with Crippen LogP contribution in [0.5, 0.6) is 5.75 Å². The molecule has 0 amide bonds. The molecule has 0 radical (unpaired) electrons. The summed E-state index contributed by atoms with van der Waals surface area (Å²) in [7, 11) is 0. The number of nitrogens with zero attached hydrogens (tertiary/aromatic N) is 3. The molecule has 3 aliphatic rings. The van der Waals surface area contributed by atoms with Crippen LogP contribution in [-0.4, -0.2) is 34.4 Å². The number of ether oxygens (including phenoxy) is 1. The van der Waals surface area contributed by atoms with Crippen molar-refractivity contribution in [2.24, 2.45) is 5.10 Å². The lowest BCUT2D eigenvalue weighted by atomic mass is 9.90. The Labute approximate surface area is 187 Å². The van der Waals surface area contributed by atoms with E-state index in [2.05, 4.69) is 58.4 Å². The highest BCUT2D eigenvalue weighted by Gasteiger charge is 2.51. The Morgan fingerprint density at radius 2 is 1.62 bits per heavy atom. The molecule has 32 heavy (non-hydrogen) atoms. The lowest BCUT2D eigenvalue weighted by molar-refractivity contribution is -0.150. The molecular formula is C27H26FN3O. The normalized spacial score (nSPS) is 21.6. The van der Waals surface area contributed by atoms with Gasteiger partial charge in [0.15, 0.2) is 0 Å². The first-order valence-corrected chi connectivity index (χ1v) is 11.4. The summed E-state index contributed by atoms with van der Waals surface area (Å²) in [6.45, 7) is 2.88. The molecule has 6 rings (SSSR count). The van der Waals surface area contributed by atoms with Crippen molar-refractivity contribution in [2.75, 3.05) is 13.1 Å². The van der Waals surface area contributed by atoms with Gasteiger partial charge in [-0.15, -0.1) is 0 Å². The van der Waals surface area contributed by atoms with E-state index in [1.807, 2.05) is 18.2 Å². The molecule has 5 heteroatoms. The third-order valence-electron chi connectivity index (χ3n) is 6.97. The lowest BCUT2D eigenvalue weighted by Gasteiger charge is -2.51. The summed E-state index contributed by atoms with van der Waals surface area (Å²) in [5, 5.41) is 7.29. The van der Waals surface area contributed by atoms with Gasteiger partial charge >= 0.3 is 0 Å². The minimum Gasteiger partial charge on any atom is -0.466 e. The fraction of sp³-hybridized carbons (Fsp3) is 0.296. The van der Waals surface area contributed by atoms with Crippen molar-refractivity contribution in [1.82, 2.24) is 9.91 Å². The van der Waals surface area contributed by atoms with E-state index in [1.165, 1.54) is 23.3 Å². The van der Waals surface area contributed by atoms with Crippen LogP contribution < -0.4 is 4.74 Å².